The van der Waals surface area contributed by atoms with E-state index in [-0.39, 0.29) is 31.1 Å². The van der Waals surface area contributed by atoms with Crippen LogP contribution in [0, 0.1) is 0 Å². The number of unbranched alkanes of at least 4 members (excludes halogenated alkanes) is 34. The van der Waals surface area contributed by atoms with E-state index < -0.39 is 6.10 Å². The average molecular weight is 1060 g/mol. The largest absolute Gasteiger partial charge is 0.462 e. The molecule has 0 saturated carbocycles. The molecule has 0 N–H and O–H groups in total. The molecule has 0 aliphatic rings. The Labute approximate surface area is 471 Å². The van der Waals surface area contributed by atoms with Crippen LogP contribution in [0.4, 0.5) is 0 Å². The fourth-order valence-electron chi connectivity index (χ4n) is 9.23. The first-order chi connectivity index (χ1) is 37.5. The molecule has 438 valence electrons. The molecule has 0 saturated heterocycles. The highest BCUT2D eigenvalue weighted by molar-refractivity contribution is 5.71. The molecule has 0 fully saturated rings. The first-order valence-corrected chi connectivity index (χ1v) is 32.6. The maximum absolute atomic E-state index is 12.9. The third-order valence-electron chi connectivity index (χ3n) is 14.1. The Bertz CT molecular complexity index is 1450. The van der Waals surface area contributed by atoms with Gasteiger partial charge in [-0.25, -0.2) is 0 Å². The van der Waals surface area contributed by atoms with Gasteiger partial charge in [-0.05, 0) is 116 Å². The van der Waals surface area contributed by atoms with Crippen LogP contribution < -0.4 is 0 Å². The number of rotatable bonds is 59. The molecule has 1 atom stereocenters. The molecular weight excluding hydrogens is 937 g/mol. The summed E-state index contributed by atoms with van der Waals surface area (Å²) in [6, 6.07) is 0. The third-order valence-corrected chi connectivity index (χ3v) is 14.1. The van der Waals surface area contributed by atoms with E-state index in [9.17, 15) is 14.4 Å². The SMILES string of the molecule is CC/C=C\C/C=C\C/C=C\C/C=C\CCCCC(=O)OCC(COC(=O)CCCCCCCCCCCCCCCCC/C=C\CCCCCCCCCC)OC(=O)CCCCCCC/C=C\C/C=C\CCCCCC. The van der Waals surface area contributed by atoms with Gasteiger partial charge < -0.3 is 14.2 Å². The lowest BCUT2D eigenvalue weighted by molar-refractivity contribution is -0.167. The fourth-order valence-corrected chi connectivity index (χ4v) is 9.23. The normalized spacial score (nSPS) is 12.6. The Morgan fingerprint density at radius 2 is 0.513 bits per heavy atom. The van der Waals surface area contributed by atoms with E-state index in [0.29, 0.717) is 19.3 Å². The zero-order valence-corrected chi connectivity index (χ0v) is 50.3. The molecule has 6 heteroatoms. The number of hydrogen-bond donors (Lipinski definition) is 0. The van der Waals surface area contributed by atoms with Crippen LogP contribution in [0.1, 0.15) is 323 Å². The van der Waals surface area contributed by atoms with Crippen LogP contribution in [0.25, 0.3) is 0 Å². The minimum absolute atomic E-state index is 0.0940. The maximum Gasteiger partial charge on any atom is 0.306 e. The molecular formula is C70H122O6. The number of allylic oxidation sites excluding steroid dienone is 14. The molecule has 0 bridgehead atoms. The van der Waals surface area contributed by atoms with Crippen LogP contribution >= 0.6 is 0 Å². The molecule has 0 aliphatic heterocycles. The van der Waals surface area contributed by atoms with Crippen LogP contribution in [0.15, 0.2) is 85.1 Å². The second-order valence-corrected chi connectivity index (χ2v) is 21.6. The van der Waals surface area contributed by atoms with Crippen molar-refractivity contribution in [3.05, 3.63) is 85.1 Å². The van der Waals surface area contributed by atoms with Gasteiger partial charge in [0.1, 0.15) is 13.2 Å². The van der Waals surface area contributed by atoms with Crippen LogP contribution in [-0.4, -0.2) is 37.2 Å². The number of hydrogen-bond acceptors (Lipinski definition) is 6. The number of carbonyl (C=O) groups excluding carboxylic acids is 3. The van der Waals surface area contributed by atoms with E-state index in [1.54, 1.807) is 0 Å². The highest BCUT2D eigenvalue weighted by Crippen LogP contribution is 2.16. The van der Waals surface area contributed by atoms with E-state index in [1.165, 1.54) is 173 Å². The van der Waals surface area contributed by atoms with Crippen molar-refractivity contribution < 1.29 is 28.6 Å². The molecule has 0 radical (unpaired) electrons. The van der Waals surface area contributed by atoms with E-state index in [1.807, 2.05) is 0 Å². The molecule has 6 nitrogen and oxygen atoms in total. The van der Waals surface area contributed by atoms with E-state index in [0.717, 1.165) is 109 Å². The van der Waals surface area contributed by atoms with Crippen LogP contribution in [0.3, 0.4) is 0 Å². The quantitative estimate of drug-likeness (QED) is 0.0261. The van der Waals surface area contributed by atoms with Gasteiger partial charge in [-0.15, -0.1) is 0 Å². The smallest absolute Gasteiger partial charge is 0.306 e. The highest BCUT2D eigenvalue weighted by atomic mass is 16.6. The predicted molar refractivity (Wildman–Crippen MR) is 330 cm³/mol. The summed E-state index contributed by atoms with van der Waals surface area (Å²) < 4.78 is 16.9. The first kappa shape index (κ1) is 72.6. The number of esters is 3. The molecule has 1 unspecified atom stereocenters. The second kappa shape index (κ2) is 64.1. The molecule has 0 rings (SSSR count). The highest BCUT2D eigenvalue weighted by Gasteiger charge is 2.19. The Morgan fingerprint density at radius 1 is 0.276 bits per heavy atom. The van der Waals surface area contributed by atoms with Crippen molar-refractivity contribution in [2.24, 2.45) is 0 Å². The van der Waals surface area contributed by atoms with Gasteiger partial charge in [0.05, 0.1) is 0 Å². The lowest BCUT2D eigenvalue weighted by atomic mass is 10.0. The molecule has 0 spiro atoms. The zero-order chi connectivity index (χ0) is 55.0. The Balaban J connectivity index is 4.30. The Morgan fingerprint density at radius 3 is 0.855 bits per heavy atom. The standard InChI is InChI=1S/C70H122O6/c1-4-7-10-13-16-19-22-25-28-30-31-32-33-34-35-36-37-38-39-40-43-45-48-51-54-57-60-63-69(72)75-66-67(65-74-68(71)62-59-56-53-50-47-44-41-27-24-21-18-15-12-9-6-3)76-70(73)64-61-58-55-52-49-46-42-29-26-23-20-17-14-11-8-5-2/h9,12,18,20-21,23,27,29-31,41-42,47,50,67H,4-8,10-11,13-17,19,22,24-26,28,32-40,43-46,48-49,51-66H2,1-3H3/b12-9-,21-18-,23-20-,31-30-,41-27-,42-29-,50-47-. The lowest BCUT2D eigenvalue weighted by Crippen LogP contribution is -2.30. The van der Waals surface area contributed by atoms with Gasteiger partial charge in [0.25, 0.3) is 0 Å². The summed E-state index contributed by atoms with van der Waals surface area (Å²) in [6.45, 7) is 6.49. The molecule has 0 amide bonds. The summed E-state index contributed by atoms with van der Waals surface area (Å²) in [7, 11) is 0. The summed E-state index contributed by atoms with van der Waals surface area (Å²) in [5.41, 5.74) is 0. The predicted octanol–water partition coefficient (Wildman–Crippen LogP) is 22.3. The number of ether oxygens (including phenoxy) is 3. The van der Waals surface area contributed by atoms with Gasteiger partial charge in [-0.3, -0.25) is 14.4 Å². The van der Waals surface area contributed by atoms with Gasteiger partial charge in [0.2, 0.25) is 0 Å². The maximum atomic E-state index is 12.9. The van der Waals surface area contributed by atoms with Gasteiger partial charge in [-0.2, -0.15) is 0 Å². The van der Waals surface area contributed by atoms with Crippen LogP contribution in [0.2, 0.25) is 0 Å². The van der Waals surface area contributed by atoms with Gasteiger partial charge in [-0.1, -0.05) is 273 Å². The summed E-state index contributed by atoms with van der Waals surface area (Å²) in [4.78, 5) is 38.3. The minimum Gasteiger partial charge on any atom is -0.462 e. The molecule has 76 heavy (non-hydrogen) atoms. The second-order valence-electron chi connectivity index (χ2n) is 21.6. The average Bonchev–Trinajstić information content (AvgIpc) is 3.42. The van der Waals surface area contributed by atoms with Gasteiger partial charge >= 0.3 is 17.9 Å². The Hall–Kier alpha value is -3.41. The van der Waals surface area contributed by atoms with Crippen molar-refractivity contribution in [3.63, 3.8) is 0 Å². The molecule has 0 aromatic rings. The molecule has 0 aromatic heterocycles. The lowest BCUT2D eigenvalue weighted by Gasteiger charge is -2.18. The summed E-state index contributed by atoms with van der Waals surface area (Å²) in [5, 5.41) is 0. The Kier molecular flexibility index (Phi) is 61.2. The molecule has 0 heterocycles. The summed E-state index contributed by atoms with van der Waals surface area (Å²) >= 11 is 0. The van der Waals surface area contributed by atoms with Crippen molar-refractivity contribution >= 4 is 17.9 Å². The monoisotopic (exact) mass is 1060 g/mol. The first-order valence-electron chi connectivity index (χ1n) is 32.6. The van der Waals surface area contributed by atoms with Crippen LogP contribution in [0.5, 0.6) is 0 Å². The van der Waals surface area contributed by atoms with Crippen molar-refractivity contribution in [1.29, 1.82) is 0 Å². The third kappa shape index (κ3) is 61.4. The summed E-state index contributed by atoms with van der Waals surface area (Å²) in [6.07, 6.45) is 84.6. The summed E-state index contributed by atoms with van der Waals surface area (Å²) in [5.74, 6) is -0.940. The number of carbonyl (C=O) groups is 3. The van der Waals surface area contributed by atoms with Crippen LogP contribution in [-0.2, 0) is 28.6 Å². The van der Waals surface area contributed by atoms with Crippen molar-refractivity contribution in [3.8, 4) is 0 Å². The van der Waals surface area contributed by atoms with E-state index in [2.05, 4.69) is 106 Å². The van der Waals surface area contributed by atoms with Gasteiger partial charge in [0.15, 0.2) is 6.10 Å². The molecule has 0 aromatic carbocycles. The van der Waals surface area contributed by atoms with Gasteiger partial charge in [0, 0.05) is 19.3 Å². The topological polar surface area (TPSA) is 78.9 Å². The molecule has 0 aliphatic carbocycles. The van der Waals surface area contributed by atoms with Crippen molar-refractivity contribution in [2.75, 3.05) is 13.2 Å². The fraction of sp³-hybridized carbons (Fsp3) is 0.757. The zero-order valence-electron chi connectivity index (χ0n) is 50.3. The van der Waals surface area contributed by atoms with E-state index >= 15 is 0 Å². The van der Waals surface area contributed by atoms with Crippen molar-refractivity contribution in [1.82, 2.24) is 0 Å². The minimum atomic E-state index is -0.802. The van der Waals surface area contributed by atoms with E-state index in [4.69, 9.17) is 14.2 Å². The van der Waals surface area contributed by atoms with Crippen molar-refractivity contribution in [2.45, 2.75) is 329 Å².